The highest BCUT2D eigenvalue weighted by Gasteiger charge is 2.23. The van der Waals surface area contributed by atoms with Crippen molar-refractivity contribution in [2.75, 3.05) is 11.4 Å². The fourth-order valence-electron chi connectivity index (χ4n) is 2.41. The molecule has 0 unspecified atom stereocenters. The smallest absolute Gasteiger partial charge is 0.343 e. The van der Waals surface area contributed by atoms with E-state index >= 15 is 0 Å². The molecule has 0 aliphatic heterocycles. The first kappa shape index (κ1) is 18.9. The van der Waals surface area contributed by atoms with E-state index in [4.69, 9.17) is 16.3 Å². The lowest BCUT2D eigenvalue weighted by Gasteiger charge is -2.20. The van der Waals surface area contributed by atoms with Gasteiger partial charge in [0.15, 0.2) is 0 Å². The van der Waals surface area contributed by atoms with E-state index in [1.807, 2.05) is 0 Å². The molecular weight excluding hydrogens is 386 g/mol. The van der Waals surface area contributed by atoms with E-state index in [0.29, 0.717) is 16.5 Å². The topological polar surface area (TPSA) is 63.7 Å². The molecule has 0 N–H and O–H groups in total. The summed E-state index contributed by atoms with van der Waals surface area (Å²) in [5, 5.41) is 0.426. The predicted molar refractivity (Wildman–Crippen MR) is 105 cm³/mol. The second-order valence-electron chi connectivity index (χ2n) is 5.68. The van der Waals surface area contributed by atoms with E-state index in [-0.39, 0.29) is 10.5 Å². The van der Waals surface area contributed by atoms with E-state index < -0.39 is 16.0 Å². The van der Waals surface area contributed by atoms with Crippen LogP contribution >= 0.6 is 11.6 Å². The standard InChI is InChI=1S/C20H16ClNO4S/c1-22(17-9-6-8-16(21)14-17)27(24,25)19-12-5-7-15(13-19)20(23)26-18-10-3-2-4-11-18/h2-14H,1H3. The van der Waals surface area contributed by atoms with Gasteiger partial charge in [-0.25, -0.2) is 13.2 Å². The number of hydrogen-bond acceptors (Lipinski definition) is 4. The number of para-hydroxylation sites is 1. The van der Waals surface area contributed by atoms with E-state index in [9.17, 15) is 13.2 Å². The lowest BCUT2D eigenvalue weighted by molar-refractivity contribution is 0.0734. The fourth-order valence-corrected chi connectivity index (χ4v) is 3.83. The molecule has 7 heteroatoms. The Bertz CT molecular complexity index is 1070. The molecule has 27 heavy (non-hydrogen) atoms. The summed E-state index contributed by atoms with van der Waals surface area (Å²) >= 11 is 5.95. The van der Waals surface area contributed by atoms with Gasteiger partial charge in [-0.1, -0.05) is 41.9 Å². The molecule has 0 saturated carbocycles. The maximum atomic E-state index is 12.9. The molecule has 0 aliphatic carbocycles. The number of hydrogen-bond donors (Lipinski definition) is 0. The van der Waals surface area contributed by atoms with Crippen molar-refractivity contribution in [3.05, 3.63) is 89.4 Å². The van der Waals surface area contributed by atoms with Gasteiger partial charge in [0.05, 0.1) is 16.1 Å². The van der Waals surface area contributed by atoms with Gasteiger partial charge in [0, 0.05) is 12.1 Å². The zero-order valence-corrected chi connectivity index (χ0v) is 15.9. The Hall–Kier alpha value is -2.83. The first-order valence-corrected chi connectivity index (χ1v) is 9.81. The number of sulfonamides is 1. The monoisotopic (exact) mass is 401 g/mol. The fraction of sp³-hybridized carbons (Fsp3) is 0.0500. The Kier molecular flexibility index (Phi) is 5.48. The number of benzene rings is 3. The third-order valence-electron chi connectivity index (χ3n) is 3.85. The molecule has 5 nitrogen and oxygen atoms in total. The molecule has 138 valence electrons. The van der Waals surface area contributed by atoms with Crippen molar-refractivity contribution in [1.29, 1.82) is 0 Å². The average molecular weight is 402 g/mol. The van der Waals surface area contributed by atoms with Crippen LogP contribution in [0.3, 0.4) is 0 Å². The lowest BCUT2D eigenvalue weighted by Crippen LogP contribution is -2.26. The highest BCUT2D eigenvalue weighted by Crippen LogP contribution is 2.25. The van der Waals surface area contributed by atoms with E-state index in [2.05, 4.69) is 0 Å². The molecule has 3 aromatic rings. The van der Waals surface area contributed by atoms with Crippen molar-refractivity contribution in [2.45, 2.75) is 4.90 Å². The Labute approximate surface area is 162 Å². The number of rotatable bonds is 5. The Balaban J connectivity index is 1.88. The quantitative estimate of drug-likeness (QED) is 0.470. The Morgan fingerprint density at radius 2 is 1.63 bits per heavy atom. The van der Waals surface area contributed by atoms with Gasteiger partial charge >= 0.3 is 5.97 Å². The van der Waals surface area contributed by atoms with Gasteiger partial charge in [0.25, 0.3) is 10.0 Å². The van der Waals surface area contributed by atoms with Gasteiger partial charge in [0.1, 0.15) is 5.75 Å². The number of halogens is 1. The van der Waals surface area contributed by atoms with E-state index in [1.165, 1.54) is 31.3 Å². The lowest BCUT2D eigenvalue weighted by atomic mass is 10.2. The summed E-state index contributed by atoms with van der Waals surface area (Å²) in [5.41, 5.74) is 0.555. The van der Waals surface area contributed by atoms with Crippen LogP contribution in [0.2, 0.25) is 5.02 Å². The largest absolute Gasteiger partial charge is 0.423 e. The van der Waals surface area contributed by atoms with Crippen LogP contribution in [0.4, 0.5) is 5.69 Å². The van der Waals surface area contributed by atoms with Gasteiger partial charge in [0.2, 0.25) is 0 Å². The molecule has 0 aromatic heterocycles. The van der Waals surface area contributed by atoms with Crippen LogP contribution < -0.4 is 9.04 Å². The summed E-state index contributed by atoms with van der Waals surface area (Å²) in [6, 6.07) is 20.8. The van der Waals surface area contributed by atoms with Crippen LogP contribution in [0.15, 0.2) is 83.8 Å². The Morgan fingerprint density at radius 1 is 0.926 bits per heavy atom. The van der Waals surface area contributed by atoms with Gasteiger partial charge in [-0.2, -0.15) is 0 Å². The minimum Gasteiger partial charge on any atom is -0.423 e. The average Bonchev–Trinajstić information content (AvgIpc) is 2.68. The summed E-state index contributed by atoms with van der Waals surface area (Å²) in [4.78, 5) is 12.3. The Morgan fingerprint density at radius 3 is 2.33 bits per heavy atom. The number of carbonyl (C=O) groups excluding carboxylic acids is 1. The second-order valence-corrected chi connectivity index (χ2v) is 8.09. The van der Waals surface area contributed by atoms with Gasteiger partial charge in [-0.3, -0.25) is 4.31 Å². The van der Waals surface area contributed by atoms with Crippen LogP contribution in [0.25, 0.3) is 0 Å². The number of anilines is 1. The molecule has 0 heterocycles. The van der Waals surface area contributed by atoms with Gasteiger partial charge in [-0.15, -0.1) is 0 Å². The SMILES string of the molecule is CN(c1cccc(Cl)c1)S(=O)(=O)c1cccc(C(=O)Oc2ccccc2)c1. The van der Waals surface area contributed by atoms with Gasteiger partial charge in [-0.05, 0) is 48.5 Å². The summed E-state index contributed by atoms with van der Waals surface area (Å²) in [5.74, 6) is -0.254. The van der Waals surface area contributed by atoms with Crippen molar-refractivity contribution in [3.63, 3.8) is 0 Å². The zero-order valence-electron chi connectivity index (χ0n) is 14.4. The van der Waals surface area contributed by atoms with Crippen molar-refractivity contribution in [1.82, 2.24) is 0 Å². The van der Waals surface area contributed by atoms with Crippen LogP contribution in [0.1, 0.15) is 10.4 Å². The molecule has 0 atom stereocenters. The highest BCUT2D eigenvalue weighted by molar-refractivity contribution is 7.92. The summed E-state index contributed by atoms with van der Waals surface area (Å²) in [6.07, 6.45) is 0. The molecule has 0 spiro atoms. The molecule has 0 bridgehead atoms. The van der Waals surface area contributed by atoms with Crippen molar-refractivity contribution < 1.29 is 17.9 Å². The molecule has 0 saturated heterocycles. The zero-order chi connectivity index (χ0) is 19.4. The number of ether oxygens (including phenoxy) is 1. The molecule has 0 amide bonds. The van der Waals surface area contributed by atoms with Crippen LogP contribution in [0, 0.1) is 0 Å². The maximum absolute atomic E-state index is 12.9. The van der Waals surface area contributed by atoms with Gasteiger partial charge < -0.3 is 4.74 Å². The summed E-state index contributed by atoms with van der Waals surface area (Å²) in [6.45, 7) is 0. The number of carbonyl (C=O) groups is 1. The van der Waals surface area contributed by atoms with E-state index in [1.54, 1.807) is 54.6 Å². The number of nitrogens with zero attached hydrogens (tertiary/aromatic N) is 1. The van der Waals surface area contributed by atoms with Crippen molar-refractivity contribution in [2.24, 2.45) is 0 Å². The molecule has 3 rings (SSSR count). The predicted octanol–water partition coefficient (Wildman–Crippen LogP) is 4.38. The summed E-state index contributed by atoms with van der Waals surface area (Å²) < 4.78 is 32.2. The molecular formula is C20H16ClNO4S. The normalized spacial score (nSPS) is 11.0. The van der Waals surface area contributed by atoms with Crippen molar-refractivity contribution in [3.8, 4) is 5.75 Å². The number of esters is 1. The minimum absolute atomic E-state index is 0.0208. The van der Waals surface area contributed by atoms with Crippen LogP contribution in [-0.4, -0.2) is 21.4 Å². The van der Waals surface area contributed by atoms with Crippen LogP contribution in [0.5, 0.6) is 5.75 Å². The summed E-state index contributed by atoms with van der Waals surface area (Å²) in [7, 11) is -2.44. The maximum Gasteiger partial charge on any atom is 0.343 e. The minimum atomic E-state index is -3.87. The molecule has 0 radical (unpaired) electrons. The van der Waals surface area contributed by atoms with Crippen LogP contribution in [-0.2, 0) is 10.0 Å². The first-order valence-electron chi connectivity index (χ1n) is 8.00. The molecule has 0 aliphatic rings. The highest BCUT2D eigenvalue weighted by atomic mass is 35.5. The molecule has 3 aromatic carbocycles. The first-order chi connectivity index (χ1) is 12.9. The molecule has 0 fully saturated rings. The second kappa shape index (κ2) is 7.82. The third kappa shape index (κ3) is 4.30. The third-order valence-corrected chi connectivity index (χ3v) is 5.87. The van der Waals surface area contributed by atoms with Crippen molar-refractivity contribution >= 4 is 33.3 Å². The van der Waals surface area contributed by atoms with E-state index in [0.717, 1.165) is 4.31 Å².